The predicted molar refractivity (Wildman–Crippen MR) is 246 cm³/mol. The number of rotatable bonds is 9. The molecular formula is C52H60FN5O7. The summed E-state index contributed by atoms with van der Waals surface area (Å²) in [5, 5.41) is 18.0. The van der Waals surface area contributed by atoms with Gasteiger partial charge < -0.3 is 34.5 Å². The van der Waals surface area contributed by atoms with Crippen LogP contribution in [0.3, 0.4) is 0 Å². The van der Waals surface area contributed by atoms with Gasteiger partial charge in [-0.2, -0.15) is 0 Å². The van der Waals surface area contributed by atoms with Crippen molar-refractivity contribution in [1.82, 2.24) is 20.1 Å². The maximum Gasteiger partial charge on any atom is 0.322 e. The van der Waals surface area contributed by atoms with Gasteiger partial charge in [-0.3, -0.25) is 24.2 Å². The summed E-state index contributed by atoms with van der Waals surface area (Å²) in [7, 11) is 5.06. The standard InChI is InChI=1S/C52H60FN5O7/c1-7-32-24-33-27-51(48(61)64-6,43-37(18-22-57(28-32)29-33)36-12-9-10-13-40(36)55-43)39-25-38-41(26-42(39)63-5)56(4)46-50(38)20-23-58-21-11-19-49(8-2,45(50)58)47(65-31(3)59)52(46,62)30-54-44(60)34-14-16-35(53)17-15-34/h9-17,19,24-26,33,45-47,55,62H,7-8,18,20-23,27-30H2,1-6H3,(H,54,60)/t33-,45?,46+,47+,49+,50+,51-,52?/m0/s1. The number of anilines is 1. The Labute approximate surface area is 379 Å². The summed E-state index contributed by atoms with van der Waals surface area (Å²) in [6.07, 6.45) is 8.75. The van der Waals surface area contributed by atoms with Crippen LogP contribution in [0.5, 0.6) is 5.75 Å². The van der Waals surface area contributed by atoms with Crippen molar-refractivity contribution in [2.24, 2.45) is 11.3 Å². The maximum atomic E-state index is 15.4. The molecule has 10 rings (SSSR count). The number of likely N-dealkylation sites (N-methyl/N-ethyl adjacent to an activating group) is 1. The fourth-order valence-corrected chi connectivity index (χ4v) is 13.9. The molecule has 5 aliphatic heterocycles. The number of H-pyrrole nitrogens is 1. The SMILES string of the molecule is CCC1=C[C@@H]2CN(CCc3c([nH]c4ccccc34)[C@@](C(=O)OC)(c3cc4c(cc3OC)N(C)[C@H]3C(O)(CNC(=O)c5ccc(F)cc5)[C@H](OC(C)=O)[C@]5(CC)C=CCN6CC[C@]43C65)C2)C1. The number of fused-ring (bicyclic) bond motifs is 6. The number of aromatic amines is 1. The van der Waals surface area contributed by atoms with Gasteiger partial charge in [0.2, 0.25) is 0 Å². The first-order chi connectivity index (χ1) is 31.3. The van der Waals surface area contributed by atoms with E-state index in [1.165, 1.54) is 43.9 Å². The van der Waals surface area contributed by atoms with Crippen LogP contribution in [0.1, 0.15) is 79.2 Å². The molecule has 1 saturated carbocycles. The van der Waals surface area contributed by atoms with Gasteiger partial charge in [0.15, 0.2) is 0 Å². The van der Waals surface area contributed by atoms with Crippen molar-refractivity contribution in [3.8, 4) is 5.75 Å². The molecule has 65 heavy (non-hydrogen) atoms. The Bertz CT molecular complexity index is 2640. The first kappa shape index (κ1) is 43.4. The van der Waals surface area contributed by atoms with E-state index in [4.69, 9.17) is 14.2 Å². The van der Waals surface area contributed by atoms with E-state index in [1.807, 2.05) is 25.2 Å². The van der Waals surface area contributed by atoms with Gasteiger partial charge in [0, 0.05) is 96.5 Å². The number of carbonyl (C=O) groups excluding carboxylic acids is 3. The molecule has 6 aliphatic rings. The van der Waals surface area contributed by atoms with Gasteiger partial charge in [0.05, 0.1) is 26.8 Å². The Kier molecular flexibility index (Phi) is 10.6. The highest BCUT2D eigenvalue weighted by atomic mass is 19.1. The number of benzene rings is 3. The molecule has 2 bridgehead atoms. The van der Waals surface area contributed by atoms with Crippen molar-refractivity contribution >= 4 is 34.4 Å². The summed E-state index contributed by atoms with van der Waals surface area (Å²) < 4.78 is 32.8. The molecule has 1 spiro atoms. The fourth-order valence-electron chi connectivity index (χ4n) is 13.9. The molecule has 9 atom stereocenters. The highest BCUT2D eigenvalue weighted by Crippen LogP contribution is 2.68. The third kappa shape index (κ3) is 6.20. The van der Waals surface area contributed by atoms with Crippen LogP contribution in [-0.2, 0) is 36.3 Å². The third-order valence-corrected chi connectivity index (χ3v) is 16.3. The molecule has 6 heterocycles. The number of hydrogen-bond donors (Lipinski definition) is 3. The summed E-state index contributed by atoms with van der Waals surface area (Å²) in [6, 6.07) is 16.7. The molecule has 1 amide bonds. The normalized spacial score (nSPS) is 32.2. The lowest BCUT2D eigenvalue weighted by atomic mass is 9.47. The molecule has 3 unspecified atom stereocenters. The van der Waals surface area contributed by atoms with E-state index in [0.717, 1.165) is 65.9 Å². The van der Waals surface area contributed by atoms with Crippen LogP contribution in [0.25, 0.3) is 10.9 Å². The third-order valence-electron chi connectivity index (χ3n) is 16.3. The molecule has 0 radical (unpaired) electrons. The Morgan fingerprint density at radius 1 is 1.02 bits per heavy atom. The van der Waals surface area contributed by atoms with E-state index in [-0.39, 0.29) is 30.0 Å². The van der Waals surface area contributed by atoms with Gasteiger partial charge in [-0.15, -0.1) is 0 Å². The molecule has 12 nitrogen and oxygen atoms in total. The van der Waals surface area contributed by atoms with Gasteiger partial charge in [-0.05, 0) is 92.1 Å². The van der Waals surface area contributed by atoms with Crippen LogP contribution in [0.15, 0.2) is 84.5 Å². The minimum Gasteiger partial charge on any atom is -0.496 e. The molecular weight excluding hydrogens is 826 g/mol. The average molecular weight is 886 g/mol. The van der Waals surface area contributed by atoms with Crippen molar-refractivity contribution < 1.29 is 38.1 Å². The maximum absolute atomic E-state index is 15.4. The van der Waals surface area contributed by atoms with Crippen LogP contribution < -0.4 is 15.0 Å². The van der Waals surface area contributed by atoms with Crippen molar-refractivity contribution in [1.29, 1.82) is 0 Å². The first-order valence-electron chi connectivity index (χ1n) is 23.2. The Morgan fingerprint density at radius 3 is 2.52 bits per heavy atom. The number of methoxy groups -OCH3 is 2. The van der Waals surface area contributed by atoms with E-state index in [9.17, 15) is 19.1 Å². The molecule has 13 heteroatoms. The van der Waals surface area contributed by atoms with Crippen molar-refractivity contribution in [2.75, 3.05) is 65.4 Å². The summed E-state index contributed by atoms with van der Waals surface area (Å²) in [5.41, 5.74) is 1.94. The van der Waals surface area contributed by atoms with Crippen LogP contribution in [0, 0.1) is 17.2 Å². The first-order valence-corrected chi connectivity index (χ1v) is 23.2. The summed E-state index contributed by atoms with van der Waals surface area (Å²) in [5.74, 6) is -1.37. The minimum atomic E-state index is -1.87. The Hall–Kier alpha value is -5.50. The van der Waals surface area contributed by atoms with Gasteiger partial charge in [-0.1, -0.05) is 55.8 Å². The number of aliphatic hydroxyl groups is 1. The highest BCUT2D eigenvalue weighted by molar-refractivity contribution is 5.95. The Balaban J connectivity index is 1.23. The number of hydrogen-bond acceptors (Lipinski definition) is 10. The van der Waals surface area contributed by atoms with Crippen molar-refractivity contribution in [3.63, 3.8) is 0 Å². The van der Waals surface area contributed by atoms with Gasteiger partial charge in [0.25, 0.3) is 5.91 Å². The lowest BCUT2D eigenvalue weighted by Gasteiger charge is -2.64. The quantitative estimate of drug-likeness (QED) is 0.132. The zero-order valence-corrected chi connectivity index (χ0v) is 38.2. The molecule has 3 aromatic carbocycles. The number of esters is 2. The van der Waals surface area contributed by atoms with Crippen LogP contribution in [-0.4, -0.2) is 122 Å². The zero-order chi connectivity index (χ0) is 45.6. The van der Waals surface area contributed by atoms with Crippen molar-refractivity contribution in [3.05, 3.63) is 118 Å². The molecule has 1 aliphatic carbocycles. The second-order valence-electron chi connectivity index (χ2n) is 19.4. The minimum absolute atomic E-state index is 0.00822. The number of nitrogens with one attached hydrogen (secondary N) is 2. The number of para-hydroxylation sites is 1. The number of nitrogens with zero attached hydrogens (tertiary/aromatic N) is 3. The second-order valence-corrected chi connectivity index (χ2v) is 19.4. The number of halogens is 1. The van der Waals surface area contributed by atoms with Crippen LogP contribution in [0.4, 0.5) is 10.1 Å². The monoisotopic (exact) mass is 885 g/mol. The van der Waals surface area contributed by atoms with Gasteiger partial charge >= 0.3 is 11.9 Å². The molecule has 4 aromatic rings. The predicted octanol–water partition coefficient (Wildman–Crippen LogP) is 6.19. The largest absolute Gasteiger partial charge is 0.496 e. The fraction of sp³-hybridized carbons (Fsp3) is 0.481. The highest BCUT2D eigenvalue weighted by Gasteiger charge is 2.78. The molecule has 1 saturated heterocycles. The van der Waals surface area contributed by atoms with E-state index in [0.29, 0.717) is 43.7 Å². The average Bonchev–Trinajstić information content (AvgIpc) is 3.97. The summed E-state index contributed by atoms with van der Waals surface area (Å²) in [4.78, 5) is 53.5. The van der Waals surface area contributed by atoms with Crippen molar-refractivity contribution in [2.45, 2.75) is 87.5 Å². The zero-order valence-electron chi connectivity index (χ0n) is 38.2. The lowest BCUT2D eigenvalue weighted by molar-refractivity contribution is -0.216. The number of amides is 1. The van der Waals surface area contributed by atoms with Gasteiger partial charge in [0.1, 0.15) is 28.7 Å². The lowest BCUT2D eigenvalue weighted by Crippen LogP contribution is -2.81. The van der Waals surface area contributed by atoms with E-state index >= 15 is 4.79 Å². The van der Waals surface area contributed by atoms with Crippen LogP contribution in [0.2, 0.25) is 0 Å². The summed E-state index contributed by atoms with van der Waals surface area (Å²) >= 11 is 0. The molecule has 2 fully saturated rings. The molecule has 342 valence electrons. The molecule has 1 aromatic heterocycles. The van der Waals surface area contributed by atoms with Gasteiger partial charge in [-0.25, -0.2) is 4.39 Å². The number of carbonyl (C=O) groups is 3. The number of ether oxygens (including phenoxy) is 3. The van der Waals surface area contributed by atoms with E-state index in [1.54, 1.807) is 7.11 Å². The smallest absolute Gasteiger partial charge is 0.322 e. The van der Waals surface area contributed by atoms with Crippen LogP contribution >= 0.6 is 0 Å². The number of aromatic nitrogens is 1. The topological polar surface area (TPSA) is 137 Å². The molecule has 3 N–H and O–H groups in total. The second kappa shape index (κ2) is 15.8. The Morgan fingerprint density at radius 2 is 1.80 bits per heavy atom. The van der Waals surface area contributed by atoms with E-state index < -0.39 is 51.7 Å². The van der Waals surface area contributed by atoms with E-state index in [2.05, 4.69) is 75.3 Å². The summed E-state index contributed by atoms with van der Waals surface area (Å²) in [6.45, 7) is 9.24.